The lowest BCUT2D eigenvalue weighted by Crippen LogP contribution is -2.34. The highest BCUT2D eigenvalue weighted by atomic mass is 79.9. The van der Waals surface area contributed by atoms with Crippen LogP contribution in [0.4, 0.5) is 0 Å². The highest BCUT2D eigenvalue weighted by molar-refractivity contribution is 9.10. The zero-order valence-electron chi connectivity index (χ0n) is 13.4. The highest BCUT2D eigenvalue weighted by Crippen LogP contribution is 2.28. The second kappa shape index (κ2) is 8.04. The van der Waals surface area contributed by atoms with Crippen LogP contribution in [0.1, 0.15) is 46.6 Å². The van der Waals surface area contributed by atoms with Gasteiger partial charge in [-0.25, -0.2) is 0 Å². The summed E-state index contributed by atoms with van der Waals surface area (Å²) in [5, 5.41) is 3.53. The van der Waals surface area contributed by atoms with E-state index in [-0.39, 0.29) is 0 Å². The van der Waals surface area contributed by atoms with Crippen molar-refractivity contribution in [2.24, 2.45) is 5.41 Å². The maximum absolute atomic E-state index is 5.51. The quantitative estimate of drug-likeness (QED) is 0.732. The van der Waals surface area contributed by atoms with Crippen LogP contribution >= 0.6 is 15.9 Å². The van der Waals surface area contributed by atoms with Gasteiger partial charge >= 0.3 is 0 Å². The minimum Gasteiger partial charge on any atom is -0.494 e. The molecule has 1 aromatic rings. The molecular formula is C17H28BrNO. The average Bonchev–Trinajstić information content (AvgIpc) is 2.36. The van der Waals surface area contributed by atoms with Gasteiger partial charge in [-0.15, -0.1) is 0 Å². The number of rotatable bonds is 8. The van der Waals surface area contributed by atoms with Gasteiger partial charge in [0, 0.05) is 17.1 Å². The highest BCUT2D eigenvalue weighted by Gasteiger charge is 2.18. The second-order valence-electron chi connectivity index (χ2n) is 6.39. The van der Waals surface area contributed by atoms with E-state index in [1.165, 1.54) is 12.0 Å². The first-order valence-electron chi connectivity index (χ1n) is 7.48. The third kappa shape index (κ3) is 6.27. The standard InChI is InChI=1S/C17H28BrNO/c1-6-20-15-8-7-14(16(18)11-15)9-10-17(4,5)12-19-13(2)3/h7-8,11,13,19H,6,9-10,12H2,1-5H3. The molecule has 0 saturated carbocycles. The molecule has 20 heavy (non-hydrogen) atoms. The lowest BCUT2D eigenvalue weighted by atomic mass is 9.86. The number of hydrogen-bond acceptors (Lipinski definition) is 2. The monoisotopic (exact) mass is 341 g/mol. The molecule has 1 N–H and O–H groups in total. The molecule has 0 aliphatic heterocycles. The summed E-state index contributed by atoms with van der Waals surface area (Å²) in [5.74, 6) is 0.934. The fourth-order valence-electron chi connectivity index (χ4n) is 2.03. The van der Waals surface area contributed by atoms with Crippen molar-refractivity contribution in [2.75, 3.05) is 13.2 Å². The summed E-state index contributed by atoms with van der Waals surface area (Å²) in [6.45, 7) is 12.8. The zero-order chi connectivity index (χ0) is 15.2. The molecule has 0 atom stereocenters. The molecule has 0 fully saturated rings. The SMILES string of the molecule is CCOc1ccc(CCC(C)(C)CNC(C)C)c(Br)c1. The topological polar surface area (TPSA) is 21.3 Å². The number of aryl methyl sites for hydroxylation is 1. The third-order valence-electron chi connectivity index (χ3n) is 3.40. The zero-order valence-corrected chi connectivity index (χ0v) is 15.0. The maximum atomic E-state index is 5.51. The van der Waals surface area contributed by atoms with Crippen molar-refractivity contribution >= 4 is 15.9 Å². The number of hydrogen-bond donors (Lipinski definition) is 1. The Bertz CT molecular complexity index is 415. The Kier molecular flexibility index (Phi) is 7.04. The molecule has 1 aromatic carbocycles. The first kappa shape index (κ1) is 17.5. The second-order valence-corrected chi connectivity index (χ2v) is 7.24. The summed E-state index contributed by atoms with van der Waals surface area (Å²) in [6, 6.07) is 6.84. The molecule has 1 rings (SSSR count). The van der Waals surface area contributed by atoms with E-state index in [2.05, 4.69) is 67.1 Å². The molecule has 114 valence electrons. The largest absolute Gasteiger partial charge is 0.494 e. The molecule has 0 aliphatic carbocycles. The lowest BCUT2D eigenvalue weighted by molar-refractivity contribution is 0.304. The molecule has 0 saturated heterocycles. The predicted octanol–water partition coefficient (Wildman–Crippen LogP) is 4.80. The van der Waals surface area contributed by atoms with Crippen molar-refractivity contribution in [1.29, 1.82) is 0 Å². The van der Waals surface area contributed by atoms with Crippen molar-refractivity contribution in [3.05, 3.63) is 28.2 Å². The molecule has 0 amide bonds. The van der Waals surface area contributed by atoms with E-state index in [0.29, 0.717) is 18.1 Å². The molecule has 2 nitrogen and oxygen atoms in total. The van der Waals surface area contributed by atoms with Gasteiger partial charge in [-0.3, -0.25) is 0 Å². The summed E-state index contributed by atoms with van der Waals surface area (Å²) in [7, 11) is 0. The van der Waals surface area contributed by atoms with E-state index in [4.69, 9.17) is 4.74 Å². The van der Waals surface area contributed by atoms with E-state index in [1.807, 2.05) is 6.92 Å². The lowest BCUT2D eigenvalue weighted by Gasteiger charge is -2.26. The van der Waals surface area contributed by atoms with E-state index in [0.717, 1.165) is 23.2 Å². The Morgan fingerprint density at radius 1 is 1.30 bits per heavy atom. The molecule has 0 spiro atoms. The van der Waals surface area contributed by atoms with Crippen LogP contribution in [-0.4, -0.2) is 19.2 Å². The molecule has 0 bridgehead atoms. The maximum Gasteiger partial charge on any atom is 0.120 e. The molecular weight excluding hydrogens is 314 g/mol. The summed E-state index contributed by atoms with van der Waals surface area (Å²) in [5.41, 5.74) is 1.66. The smallest absolute Gasteiger partial charge is 0.120 e. The Balaban J connectivity index is 2.56. The first-order valence-corrected chi connectivity index (χ1v) is 8.28. The average molecular weight is 342 g/mol. The Morgan fingerprint density at radius 2 is 2.00 bits per heavy atom. The molecule has 0 aliphatic rings. The Hall–Kier alpha value is -0.540. The molecule has 0 aromatic heterocycles. The molecule has 0 unspecified atom stereocenters. The van der Waals surface area contributed by atoms with E-state index in [1.54, 1.807) is 0 Å². The minimum atomic E-state index is 0.308. The normalized spacial score (nSPS) is 11.9. The number of nitrogens with one attached hydrogen (secondary N) is 1. The van der Waals surface area contributed by atoms with Crippen LogP contribution in [0.5, 0.6) is 5.75 Å². The molecule has 0 radical (unpaired) electrons. The predicted molar refractivity (Wildman–Crippen MR) is 90.6 cm³/mol. The summed E-state index contributed by atoms with van der Waals surface area (Å²) < 4.78 is 6.66. The first-order chi connectivity index (χ1) is 9.34. The van der Waals surface area contributed by atoms with Gasteiger partial charge < -0.3 is 10.1 Å². The minimum absolute atomic E-state index is 0.308. The van der Waals surface area contributed by atoms with Crippen LogP contribution in [0.15, 0.2) is 22.7 Å². The number of ether oxygens (including phenoxy) is 1. The van der Waals surface area contributed by atoms with Gasteiger partial charge in [0.15, 0.2) is 0 Å². The van der Waals surface area contributed by atoms with E-state index in [9.17, 15) is 0 Å². The van der Waals surface area contributed by atoms with Gasteiger partial charge in [-0.2, -0.15) is 0 Å². The number of benzene rings is 1. The molecule has 3 heteroatoms. The van der Waals surface area contributed by atoms with Crippen LogP contribution in [0.2, 0.25) is 0 Å². The third-order valence-corrected chi connectivity index (χ3v) is 4.13. The van der Waals surface area contributed by atoms with Crippen molar-refractivity contribution in [1.82, 2.24) is 5.32 Å². The van der Waals surface area contributed by atoms with Gasteiger partial charge in [-0.05, 0) is 42.9 Å². The van der Waals surface area contributed by atoms with Crippen molar-refractivity contribution in [2.45, 2.75) is 53.5 Å². The summed E-state index contributed by atoms with van der Waals surface area (Å²) in [6.07, 6.45) is 2.25. The van der Waals surface area contributed by atoms with Crippen LogP contribution < -0.4 is 10.1 Å². The van der Waals surface area contributed by atoms with Gasteiger partial charge in [0.25, 0.3) is 0 Å². The van der Waals surface area contributed by atoms with E-state index >= 15 is 0 Å². The van der Waals surface area contributed by atoms with Gasteiger partial charge in [0.2, 0.25) is 0 Å². The number of halogens is 1. The van der Waals surface area contributed by atoms with Crippen molar-refractivity contribution < 1.29 is 4.74 Å². The van der Waals surface area contributed by atoms with E-state index < -0.39 is 0 Å². The van der Waals surface area contributed by atoms with Crippen LogP contribution in [0.3, 0.4) is 0 Å². The molecule has 0 heterocycles. The van der Waals surface area contributed by atoms with Crippen LogP contribution in [0.25, 0.3) is 0 Å². The summed E-state index contributed by atoms with van der Waals surface area (Å²) >= 11 is 3.65. The fourth-order valence-corrected chi connectivity index (χ4v) is 2.59. The van der Waals surface area contributed by atoms with Crippen LogP contribution in [0, 0.1) is 5.41 Å². The Labute approximate surface area is 132 Å². The van der Waals surface area contributed by atoms with Crippen molar-refractivity contribution in [3.8, 4) is 5.75 Å². The summed E-state index contributed by atoms with van der Waals surface area (Å²) in [4.78, 5) is 0. The van der Waals surface area contributed by atoms with Gasteiger partial charge in [0.05, 0.1) is 6.61 Å². The van der Waals surface area contributed by atoms with Gasteiger partial charge in [0.1, 0.15) is 5.75 Å². The van der Waals surface area contributed by atoms with Gasteiger partial charge in [-0.1, -0.05) is 49.7 Å². The van der Waals surface area contributed by atoms with Crippen LogP contribution in [-0.2, 0) is 6.42 Å². The Morgan fingerprint density at radius 3 is 2.55 bits per heavy atom. The van der Waals surface area contributed by atoms with Crippen molar-refractivity contribution in [3.63, 3.8) is 0 Å². The fraction of sp³-hybridized carbons (Fsp3) is 0.647.